The third-order valence-corrected chi connectivity index (χ3v) is 3.80. The lowest BCUT2D eigenvalue weighted by atomic mass is 10.1. The van der Waals surface area contributed by atoms with E-state index in [2.05, 4.69) is 12.2 Å². The van der Waals surface area contributed by atoms with Gasteiger partial charge in [0.05, 0.1) is 6.04 Å². The summed E-state index contributed by atoms with van der Waals surface area (Å²) in [5, 5.41) is 21.5. The summed E-state index contributed by atoms with van der Waals surface area (Å²) in [7, 11) is 0. The molecule has 2 aromatic rings. The number of ether oxygens (including phenoxy) is 1. The lowest BCUT2D eigenvalue weighted by Gasteiger charge is -2.15. The maximum atomic E-state index is 11.9. The van der Waals surface area contributed by atoms with Crippen molar-refractivity contribution >= 4 is 11.9 Å². The van der Waals surface area contributed by atoms with E-state index in [0.29, 0.717) is 0 Å². The number of aryl methyl sites for hydroxylation is 1. The number of benzene rings is 2. The zero-order valence-corrected chi connectivity index (χ0v) is 14.2. The Morgan fingerprint density at radius 1 is 1.12 bits per heavy atom. The van der Waals surface area contributed by atoms with Gasteiger partial charge in [-0.05, 0) is 36.6 Å². The number of aromatic hydroxyl groups is 2. The monoisotopic (exact) mass is 343 g/mol. The van der Waals surface area contributed by atoms with Crippen molar-refractivity contribution in [1.82, 2.24) is 5.32 Å². The van der Waals surface area contributed by atoms with E-state index >= 15 is 0 Å². The fourth-order valence-electron chi connectivity index (χ4n) is 2.31. The Morgan fingerprint density at radius 2 is 1.80 bits per heavy atom. The normalized spacial score (nSPS) is 11.6. The molecule has 0 saturated carbocycles. The van der Waals surface area contributed by atoms with Gasteiger partial charge in [0.15, 0.2) is 6.61 Å². The van der Waals surface area contributed by atoms with Crippen molar-refractivity contribution in [2.45, 2.75) is 26.3 Å². The van der Waals surface area contributed by atoms with E-state index in [-0.39, 0.29) is 17.4 Å². The van der Waals surface area contributed by atoms with Gasteiger partial charge in [-0.3, -0.25) is 4.79 Å². The minimum Gasteiger partial charge on any atom is -0.508 e. The highest BCUT2D eigenvalue weighted by atomic mass is 16.5. The fourth-order valence-corrected chi connectivity index (χ4v) is 2.31. The molecule has 6 heteroatoms. The van der Waals surface area contributed by atoms with Gasteiger partial charge in [-0.1, -0.05) is 31.2 Å². The molecule has 2 rings (SSSR count). The maximum absolute atomic E-state index is 11.9. The Bertz CT molecular complexity index is 755. The smallest absolute Gasteiger partial charge is 0.342 e. The number of phenols is 2. The van der Waals surface area contributed by atoms with Crippen LogP contribution in [0.2, 0.25) is 0 Å². The predicted molar refractivity (Wildman–Crippen MR) is 92.4 cm³/mol. The molecule has 0 aliphatic rings. The second-order valence-electron chi connectivity index (χ2n) is 5.66. The van der Waals surface area contributed by atoms with Crippen LogP contribution < -0.4 is 5.32 Å². The standard InChI is InChI=1S/C19H21NO5/c1-3-13-4-6-14(7-5-13)12(2)20-18(23)11-25-19(24)16-9-8-15(21)10-17(16)22/h4-10,12,21-22H,3,11H2,1-2H3,(H,20,23)/t12-/m1/s1. The Balaban J connectivity index is 1.87. The topological polar surface area (TPSA) is 95.9 Å². The van der Waals surface area contributed by atoms with Gasteiger partial charge in [-0.2, -0.15) is 0 Å². The molecule has 132 valence electrons. The lowest BCUT2D eigenvalue weighted by Crippen LogP contribution is -2.31. The molecule has 0 spiro atoms. The van der Waals surface area contributed by atoms with Crippen LogP contribution in [0.4, 0.5) is 0 Å². The minimum absolute atomic E-state index is 0.117. The summed E-state index contributed by atoms with van der Waals surface area (Å²) in [6.45, 7) is 3.45. The van der Waals surface area contributed by atoms with E-state index in [1.165, 1.54) is 17.7 Å². The van der Waals surface area contributed by atoms with Crippen molar-refractivity contribution in [2.24, 2.45) is 0 Å². The average Bonchev–Trinajstić information content (AvgIpc) is 2.59. The zero-order valence-electron chi connectivity index (χ0n) is 14.2. The van der Waals surface area contributed by atoms with Crippen molar-refractivity contribution in [2.75, 3.05) is 6.61 Å². The predicted octanol–water partition coefficient (Wildman–Crippen LogP) is 2.69. The lowest BCUT2D eigenvalue weighted by molar-refractivity contribution is -0.124. The molecule has 25 heavy (non-hydrogen) atoms. The number of hydrogen-bond donors (Lipinski definition) is 3. The molecule has 1 atom stereocenters. The van der Waals surface area contributed by atoms with Gasteiger partial charge < -0.3 is 20.3 Å². The van der Waals surface area contributed by atoms with Crippen LogP contribution in [0.1, 0.15) is 41.4 Å². The second kappa shape index (κ2) is 8.19. The Kier molecular flexibility index (Phi) is 6.00. The first-order valence-electron chi connectivity index (χ1n) is 7.98. The molecule has 0 aliphatic heterocycles. The average molecular weight is 343 g/mol. The number of esters is 1. The van der Waals surface area contributed by atoms with Crippen LogP contribution in [-0.4, -0.2) is 28.7 Å². The van der Waals surface area contributed by atoms with E-state index in [1.807, 2.05) is 31.2 Å². The highest BCUT2D eigenvalue weighted by molar-refractivity contribution is 5.94. The molecule has 0 bridgehead atoms. The number of amides is 1. The van der Waals surface area contributed by atoms with Gasteiger partial charge in [0.25, 0.3) is 5.91 Å². The van der Waals surface area contributed by atoms with E-state index < -0.39 is 24.2 Å². The van der Waals surface area contributed by atoms with Gasteiger partial charge in [0, 0.05) is 6.07 Å². The SMILES string of the molecule is CCc1ccc([C@@H](C)NC(=O)COC(=O)c2ccc(O)cc2O)cc1. The van der Waals surface area contributed by atoms with Crippen LogP contribution in [0.15, 0.2) is 42.5 Å². The molecule has 0 saturated heterocycles. The molecule has 6 nitrogen and oxygen atoms in total. The van der Waals surface area contributed by atoms with Gasteiger partial charge >= 0.3 is 5.97 Å². The van der Waals surface area contributed by atoms with Gasteiger partial charge in [0.2, 0.25) is 0 Å². The fraction of sp³-hybridized carbons (Fsp3) is 0.263. The summed E-state index contributed by atoms with van der Waals surface area (Å²) in [5.41, 5.74) is 2.05. The zero-order chi connectivity index (χ0) is 18.4. The Labute approximate surface area is 146 Å². The minimum atomic E-state index is -0.840. The van der Waals surface area contributed by atoms with Gasteiger partial charge in [0.1, 0.15) is 17.1 Å². The summed E-state index contributed by atoms with van der Waals surface area (Å²) in [5.74, 6) is -1.87. The van der Waals surface area contributed by atoms with Crippen LogP contribution in [0.5, 0.6) is 11.5 Å². The number of phenolic OH excluding ortho intramolecular Hbond substituents is 2. The summed E-state index contributed by atoms with van der Waals surface area (Å²) in [6.07, 6.45) is 0.946. The van der Waals surface area contributed by atoms with Crippen LogP contribution in [-0.2, 0) is 16.0 Å². The number of carbonyl (C=O) groups excluding carboxylic acids is 2. The van der Waals surface area contributed by atoms with Crippen molar-refractivity contribution < 1.29 is 24.5 Å². The summed E-state index contributed by atoms with van der Waals surface area (Å²) < 4.78 is 4.89. The first kappa shape index (κ1) is 18.3. The van der Waals surface area contributed by atoms with E-state index in [1.54, 1.807) is 0 Å². The van der Waals surface area contributed by atoms with Crippen LogP contribution in [0.3, 0.4) is 0 Å². The van der Waals surface area contributed by atoms with Crippen molar-refractivity contribution in [3.63, 3.8) is 0 Å². The van der Waals surface area contributed by atoms with Crippen LogP contribution >= 0.6 is 0 Å². The molecule has 0 unspecified atom stereocenters. The molecule has 3 N–H and O–H groups in total. The Morgan fingerprint density at radius 3 is 2.40 bits per heavy atom. The molecule has 0 heterocycles. The van der Waals surface area contributed by atoms with Crippen molar-refractivity contribution in [3.8, 4) is 11.5 Å². The van der Waals surface area contributed by atoms with E-state index in [9.17, 15) is 19.8 Å². The van der Waals surface area contributed by atoms with Gasteiger partial charge in [-0.15, -0.1) is 0 Å². The van der Waals surface area contributed by atoms with Gasteiger partial charge in [-0.25, -0.2) is 4.79 Å². The van der Waals surface area contributed by atoms with Crippen molar-refractivity contribution in [1.29, 1.82) is 0 Å². The Hall–Kier alpha value is -3.02. The summed E-state index contributed by atoms with van der Waals surface area (Å²) in [4.78, 5) is 23.8. The molecular weight excluding hydrogens is 322 g/mol. The third-order valence-electron chi connectivity index (χ3n) is 3.80. The molecule has 0 aromatic heterocycles. The molecule has 2 aromatic carbocycles. The number of nitrogens with one attached hydrogen (secondary N) is 1. The second-order valence-corrected chi connectivity index (χ2v) is 5.66. The quantitative estimate of drug-likeness (QED) is 0.701. The highest BCUT2D eigenvalue weighted by Crippen LogP contribution is 2.23. The first-order chi connectivity index (χ1) is 11.9. The number of rotatable bonds is 6. The first-order valence-corrected chi connectivity index (χ1v) is 7.98. The summed E-state index contributed by atoms with van der Waals surface area (Å²) >= 11 is 0. The van der Waals surface area contributed by atoms with Crippen LogP contribution in [0, 0.1) is 0 Å². The molecule has 1 amide bonds. The highest BCUT2D eigenvalue weighted by Gasteiger charge is 2.16. The maximum Gasteiger partial charge on any atom is 0.342 e. The van der Waals surface area contributed by atoms with Crippen molar-refractivity contribution in [3.05, 3.63) is 59.2 Å². The number of hydrogen-bond acceptors (Lipinski definition) is 5. The number of carbonyl (C=O) groups is 2. The van der Waals surface area contributed by atoms with Crippen LogP contribution in [0.25, 0.3) is 0 Å². The molecule has 0 radical (unpaired) electrons. The summed E-state index contributed by atoms with van der Waals surface area (Å²) in [6, 6.07) is 11.2. The largest absolute Gasteiger partial charge is 0.508 e. The molecule has 0 fully saturated rings. The van der Waals surface area contributed by atoms with E-state index in [0.717, 1.165) is 18.1 Å². The molecular formula is C19H21NO5. The molecule has 0 aliphatic carbocycles. The third kappa shape index (κ3) is 4.97. The van der Waals surface area contributed by atoms with E-state index in [4.69, 9.17) is 4.74 Å².